The third-order valence-corrected chi connectivity index (χ3v) is 26.7. The van der Waals surface area contributed by atoms with Crippen LogP contribution in [0, 0.1) is 105 Å². The van der Waals surface area contributed by atoms with Crippen molar-refractivity contribution in [3.05, 3.63) is 47.6 Å². The molecule has 74 heavy (non-hydrogen) atoms. The molecule has 16 rings (SSSR count). The fraction of sp³-hybridized carbons (Fsp3) is 0.820. The standard InChI is InChI=1S/C61H80N2O11/c1-30-37-10-6-5-8-31(37)11-13-38(30)42-22-36-21-35-9-7-17-58(35)25-34-24-55(2)51(40-16-19-70-45(40)23-41(44(65)27-64)32-12-14-39-33(20-32)15-18-63-29-62-26-43(39)63)72-54(69)52-61(55,73-52)56(3)47(34)59-28-71-53(68)49(58)60(36,59)74-57(42,4)48(59)46(66)50(56)67/h15-16,18-19,22,30-35,37-39,41-44,47-52,62,64-65,67H,5-14,17,20-21,23-29H2,1-4H3/t30-,31-,32+,33-,34+,35-,37+,38-,39-,41+,42+,43+,44-,47+,48-,49+,50-,51+,52-,55+,56+,57+,58+,59-,60+,61-/m1/s1. The van der Waals surface area contributed by atoms with E-state index >= 15 is 9.59 Å². The fourth-order valence-corrected chi connectivity index (χ4v) is 24.5. The Labute approximate surface area is 435 Å². The molecule has 7 aliphatic heterocycles. The fourth-order valence-electron chi connectivity index (χ4n) is 24.5. The summed E-state index contributed by atoms with van der Waals surface area (Å²) < 4.78 is 35.3. The average molecular weight is 1020 g/mol. The number of ether oxygens (including phenoxy) is 4. The molecule has 5 saturated heterocycles. The molecule has 8 heterocycles. The highest BCUT2D eigenvalue weighted by Crippen LogP contribution is 2.89. The lowest BCUT2D eigenvalue weighted by Crippen LogP contribution is -2.80. The molecular weight excluding hydrogens is 937 g/mol. The Morgan fingerprint density at radius 3 is 2.61 bits per heavy atom. The summed E-state index contributed by atoms with van der Waals surface area (Å²) in [6.07, 6.45) is 20.3. The molecule has 26 atom stereocenters. The van der Waals surface area contributed by atoms with Crippen molar-refractivity contribution in [2.75, 3.05) is 26.4 Å². The smallest absolute Gasteiger partial charge is 0.339 e. The van der Waals surface area contributed by atoms with Gasteiger partial charge in [-0.25, -0.2) is 4.79 Å². The van der Waals surface area contributed by atoms with Crippen LogP contribution in [0.1, 0.15) is 141 Å². The van der Waals surface area contributed by atoms with Gasteiger partial charge in [-0.2, -0.15) is 0 Å². The van der Waals surface area contributed by atoms with E-state index < -0.39 is 80.7 Å². The highest BCUT2D eigenvalue weighted by atomic mass is 16.7. The van der Waals surface area contributed by atoms with Crippen molar-refractivity contribution in [3.63, 3.8) is 0 Å². The number of carbonyl (C=O) groups excluding carboxylic acids is 3. The van der Waals surface area contributed by atoms with Crippen LogP contribution >= 0.6 is 0 Å². The quantitative estimate of drug-likeness (QED) is 0.122. The number of rotatable bonds is 7. The Kier molecular flexibility index (Phi) is 9.64. The molecule has 15 aliphatic rings. The number of hydrogen-bond donors (Lipinski definition) is 4. The lowest BCUT2D eigenvalue weighted by molar-refractivity contribution is -0.281. The van der Waals surface area contributed by atoms with Crippen LogP contribution in [0.15, 0.2) is 40.7 Å². The first kappa shape index (κ1) is 47.0. The highest BCUT2D eigenvalue weighted by Gasteiger charge is 2.97. The molecular formula is C61H80N2O11. The number of aliphatic hydroxyl groups is 3. The number of fused-ring (bicyclic) bond motifs is 6. The first-order valence-corrected chi connectivity index (χ1v) is 29.8. The zero-order valence-electron chi connectivity index (χ0n) is 44.1. The summed E-state index contributed by atoms with van der Waals surface area (Å²) in [4.78, 5) is 49.1. The van der Waals surface area contributed by atoms with E-state index in [2.05, 4.69) is 56.3 Å². The van der Waals surface area contributed by atoms with Gasteiger partial charge in [0.25, 0.3) is 0 Å². The number of furan rings is 1. The SMILES string of the molecule is C[C@@H]1[C@@H]2CCCC[C@@H]2CC[C@H]1[C@@H]1C=C2C[C@H]3CCC[C@]34C[C@@H]3C[C@@]5(C)[C@H](c6ccoc6C[C@@H]([C@H]6CC[C@@H]7[C@H](C=CN8CNC[C@@H]78)C6)[C@H](O)CO)OC(=O)[C@H]6O[C@]65[C@]5(C)[C@H](O)C(=O)[C@@H]6[C@@]1(C)O[C@]21[C@H]4C(=O)OC[C@@]61[C@@H]35. The average Bonchev–Trinajstić information content (AvgIpc) is 2.99. The van der Waals surface area contributed by atoms with Gasteiger partial charge in [0.1, 0.15) is 35.8 Å². The first-order chi connectivity index (χ1) is 35.6. The van der Waals surface area contributed by atoms with Gasteiger partial charge in [-0.3, -0.25) is 14.9 Å². The van der Waals surface area contributed by atoms with Gasteiger partial charge in [0.2, 0.25) is 0 Å². The van der Waals surface area contributed by atoms with Crippen molar-refractivity contribution < 1.29 is 53.1 Å². The predicted molar refractivity (Wildman–Crippen MR) is 267 cm³/mol. The molecule has 1 aromatic heterocycles. The van der Waals surface area contributed by atoms with Gasteiger partial charge in [0.05, 0.1) is 48.5 Å². The van der Waals surface area contributed by atoms with Gasteiger partial charge in [-0.1, -0.05) is 58.6 Å². The van der Waals surface area contributed by atoms with E-state index in [1.807, 2.05) is 6.07 Å². The van der Waals surface area contributed by atoms with Crippen molar-refractivity contribution in [3.8, 4) is 0 Å². The van der Waals surface area contributed by atoms with Gasteiger partial charge >= 0.3 is 11.9 Å². The van der Waals surface area contributed by atoms with Crippen molar-refractivity contribution in [1.82, 2.24) is 10.2 Å². The number of epoxide rings is 1. The van der Waals surface area contributed by atoms with Crippen LogP contribution in [-0.4, -0.2) is 106 Å². The van der Waals surface area contributed by atoms with Crippen LogP contribution in [0.3, 0.4) is 0 Å². The molecule has 0 radical (unpaired) electrons. The van der Waals surface area contributed by atoms with E-state index in [0.29, 0.717) is 54.2 Å². The molecule has 8 saturated carbocycles. The van der Waals surface area contributed by atoms with Crippen molar-refractivity contribution in [1.29, 1.82) is 0 Å². The number of esters is 2. The van der Waals surface area contributed by atoms with E-state index in [9.17, 15) is 20.1 Å². The third kappa shape index (κ3) is 5.17. The molecule has 13 nitrogen and oxygen atoms in total. The number of aliphatic hydroxyl groups excluding tert-OH is 3. The number of ketones is 1. The summed E-state index contributed by atoms with van der Waals surface area (Å²) in [5.41, 5.74) is -5.10. The summed E-state index contributed by atoms with van der Waals surface area (Å²) in [6, 6.07) is 2.39. The second kappa shape index (κ2) is 15.2. The van der Waals surface area contributed by atoms with Gasteiger partial charge in [-0.15, -0.1) is 0 Å². The molecule has 0 aromatic carbocycles. The zero-order chi connectivity index (χ0) is 50.4. The molecule has 1 aromatic rings. The van der Waals surface area contributed by atoms with E-state index in [4.69, 9.17) is 23.4 Å². The highest BCUT2D eigenvalue weighted by molar-refractivity contribution is 5.94. The van der Waals surface area contributed by atoms with Crippen LogP contribution in [-0.2, 0) is 39.8 Å². The third-order valence-electron chi connectivity index (χ3n) is 26.7. The van der Waals surface area contributed by atoms with Crippen molar-refractivity contribution >= 4 is 17.7 Å². The Hall–Kier alpha value is -3.07. The minimum atomic E-state index is -1.48. The monoisotopic (exact) mass is 1020 g/mol. The summed E-state index contributed by atoms with van der Waals surface area (Å²) in [7, 11) is 0. The van der Waals surface area contributed by atoms with E-state index in [-0.39, 0.29) is 60.5 Å². The number of nitrogens with zero attached hydrogens (tertiary/aromatic N) is 1. The van der Waals surface area contributed by atoms with Crippen LogP contribution in [0.4, 0.5) is 0 Å². The van der Waals surface area contributed by atoms with Crippen LogP contribution < -0.4 is 5.32 Å². The number of cyclic esters (lactones) is 2. The maximum absolute atomic E-state index is 16.5. The Morgan fingerprint density at radius 1 is 0.919 bits per heavy atom. The first-order valence-electron chi connectivity index (χ1n) is 29.8. The summed E-state index contributed by atoms with van der Waals surface area (Å²) in [6.45, 7) is 10.5. The lowest BCUT2D eigenvalue weighted by Gasteiger charge is -2.70. The molecule has 0 unspecified atom stereocenters. The molecule has 5 bridgehead atoms. The normalized spacial score (nSPS) is 56.3. The van der Waals surface area contributed by atoms with Gasteiger partial charge in [0.15, 0.2) is 11.9 Å². The van der Waals surface area contributed by atoms with Crippen LogP contribution in [0.2, 0.25) is 0 Å². The predicted octanol–water partition coefficient (Wildman–Crippen LogP) is 7.22. The van der Waals surface area contributed by atoms with Crippen LogP contribution in [0.25, 0.3) is 0 Å². The summed E-state index contributed by atoms with van der Waals surface area (Å²) >= 11 is 0. The number of carbonyl (C=O) groups is 3. The number of allylic oxidation sites excluding steroid dienone is 1. The van der Waals surface area contributed by atoms with E-state index in [0.717, 1.165) is 82.5 Å². The number of hydrogen-bond acceptors (Lipinski definition) is 13. The largest absolute Gasteiger partial charge is 0.469 e. The second-order valence-electron chi connectivity index (χ2n) is 28.6. The van der Waals surface area contributed by atoms with Crippen LogP contribution in [0.5, 0.6) is 0 Å². The summed E-state index contributed by atoms with van der Waals surface area (Å²) in [5, 5.41) is 39.6. The Bertz CT molecular complexity index is 2670. The maximum Gasteiger partial charge on any atom is 0.339 e. The molecule has 4 spiro atoms. The van der Waals surface area contributed by atoms with E-state index in [1.54, 1.807) is 6.26 Å². The van der Waals surface area contributed by atoms with Crippen molar-refractivity contribution in [2.45, 2.75) is 178 Å². The topological polar surface area (TPSA) is 181 Å². The Balaban J connectivity index is 0.822. The molecule has 0 amide bonds. The molecule has 400 valence electrons. The molecule has 13 fully saturated rings. The molecule has 8 aliphatic carbocycles. The zero-order valence-corrected chi connectivity index (χ0v) is 44.1. The Morgan fingerprint density at radius 2 is 1.76 bits per heavy atom. The summed E-state index contributed by atoms with van der Waals surface area (Å²) in [5.74, 6) is 0.980. The minimum absolute atomic E-state index is 0.0493. The number of Topliss-reactive ketones (excluding diaryl/α,β-unsaturated/α-hetero) is 1. The van der Waals surface area contributed by atoms with Crippen molar-refractivity contribution in [2.24, 2.45) is 105 Å². The van der Waals surface area contributed by atoms with Gasteiger partial charge in [-0.05, 0) is 166 Å². The maximum atomic E-state index is 16.5. The number of nitrogens with one attached hydrogen (secondary N) is 1. The molecule has 13 heteroatoms. The van der Waals surface area contributed by atoms with Gasteiger partial charge < -0.3 is 43.6 Å². The lowest BCUT2D eigenvalue weighted by atomic mass is 9.32. The molecule has 4 N–H and O–H groups in total. The van der Waals surface area contributed by atoms with E-state index in [1.165, 1.54) is 37.7 Å². The minimum Gasteiger partial charge on any atom is -0.469 e. The second-order valence-corrected chi connectivity index (χ2v) is 28.6. The van der Waals surface area contributed by atoms with Gasteiger partial charge in [0, 0.05) is 41.3 Å².